The molecule has 4 rings (SSSR count). The van der Waals surface area contributed by atoms with E-state index in [0.717, 1.165) is 11.3 Å². The zero-order chi connectivity index (χ0) is 21.5. The van der Waals surface area contributed by atoms with Crippen LogP contribution in [0.25, 0.3) is 11.0 Å². The molecule has 0 aliphatic carbocycles. The average Bonchev–Trinajstić information content (AvgIpc) is 3.03. The third kappa shape index (κ3) is 3.74. The van der Waals surface area contributed by atoms with Gasteiger partial charge >= 0.3 is 0 Å². The summed E-state index contributed by atoms with van der Waals surface area (Å²) in [5.74, 6) is 0.824. The van der Waals surface area contributed by atoms with Crippen LogP contribution in [0.5, 0.6) is 0 Å². The van der Waals surface area contributed by atoms with Crippen molar-refractivity contribution >= 4 is 29.0 Å². The number of nitrogens with zero attached hydrogens (tertiary/aromatic N) is 2. The van der Waals surface area contributed by atoms with Gasteiger partial charge in [-0.3, -0.25) is 4.57 Å². The summed E-state index contributed by atoms with van der Waals surface area (Å²) < 4.78 is 15.5. The fourth-order valence-electron chi connectivity index (χ4n) is 3.75. The monoisotopic (exact) mass is 418 g/mol. The van der Waals surface area contributed by atoms with Crippen LogP contribution in [-0.4, -0.2) is 14.4 Å². The number of fused-ring (bicyclic) bond motifs is 1. The Hall–Kier alpha value is -2.68. The SMILES string of the molecule is Cc1nc2c(P(=O)(O)c3ccccc3)cccc2n1Cc1ccc(C(C)(C)C)cc1. The van der Waals surface area contributed by atoms with E-state index in [-0.39, 0.29) is 5.41 Å². The lowest BCUT2D eigenvalue weighted by Gasteiger charge is -2.19. The minimum absolute atomic E-state index is 0.116. The molecule has 0 radical (unpaired) electrons. The number of benzene rings is 3. The van der Waals surface area contributed by atoms with Crippen LogP contribution in [0.4, 0.5) is 0 Å². The van der Waals surface area contributed by atoms with Crippen molar-refractivity contribution in [2.45, 2.75) is 39.7 Å². The summed E-state index contributed by atoms with van der Waals surface area (Å²) in [4.78, 5) is 15.6. The lowest BCUT2D eigenvalue weighted by Crippen LogP contribution is -2.16. The van der Waals surface area contributed by atoms with E-state index in [9.17, 15) is 9.46 Å². The molecule has 1 atom stereocenters. The highest BCUT2D eigenvalue weighted by atomic mass is 31.2. The molecule has 0 spiro atoms. The van der Waals surface area contributed by atoms with Crippen molar-refractivity contribution in [3.8, 4) is 0 Å². The first-order valence-electron chi connectivity index (χ1n) is 10.1. The van der Waals surface area contributed by atoms with Crippen molar-refractivity contribution in [1.82, 2.24) is 9.55 Å². The number of para-hydroxylation sites is 1. The summed E-state index contributed by atoms with van der Waals surface area (Å²) in [5, 5.41) is 0.804. The minimum atomic E-state index is -3.73. The summed E-state index contributed by atoms with van der Waals surface area (Å²) in [5.41, 5.74) is 4.05. The van der Waals surface area contributed by atoms with E-state index in [1.807, 2.05) is 25.1 Å². The third-order valence-electron chi connectivity index (χ3n) is 5.54. The maximum Gasteiger partial charge on any atom is 0.260 e. The van der Waals surface area contributed by atoms with Crippen molar-refractivity contribution < 1.29 is 9.46 Å². The van der Waals surface area contributed by atoms with Crippen molar-refractivity contribution in [3.63, 3.8) is 0 Å². The maximum atomic E-state index is 13.3. The zero-order valence-electron chi connectivity index (χ0n) is 17.8. The Morgan fingerprint density at radius 3 is 2.23 bits per heavy atom. The standard InChI is InChI=1S/C25H27N2O2P/c1-18-26-24-22(27(18)17-19-13-15-20(16-14-19)25(2,3)4)11-8-12-23(24)30(28,29)21-9-6-5-7-10-21/h5-16H,17H2,1-4H3,(H,28,29). The highest BCUT2D eigenvalue weighted by Gasteiger charge is 2.28. The maximum absolute atomic E-state index is 13.3. The molecule has 154 valence electrons. The van der Waals surface area contributed by atoms with Crippen LogP contribution in [0.2, 0.25) is 0 Å². The van der Waals surface area contributed by atoms with Gasteiger partial charge in [0.25, 0.3) is 7.37 Å². The zero-order valence-corrected chi connectivity index (χ0v) is 18.7. The van der Waals surface area contributed by atoms with Gasteiger partial charge in [-0.25, -0.2) is 4.98 Å². The molecule has 0 aliphatic rings. The van der Waals surface area contributed by atoms with E-state index in [2.05, 4.69) is 54.6 Å². The quantitative estimate of drug-likeness (QED) is 0.479. The second kappa shape index (κ2) is 7.54. The Kier molecular flexibility index (Phi) is 5.17. The summed E-state index contributed by atoms with van der Waals surface area (Å²) in [6, 6.07) is 23.0. The van der Waals surface area contributed by atoms with E-state index >= 15 is 0 Å². The molecule has 3 aromatic carbocycles. The lowest BCUT2D eigenvalue weighted by atomic mass is 9.87. The van der Waals surface area contributed by atoms with Gasteiger partial charge in [0.05, 0.1) is 10.8 Å². The van der Waals surface area contributed by atoms with Gasteiger partial charge in [0.1, 0.15) is 11.3 Å². The Labute approximate surface area is 177 Å². The molecule has 4 nitrogen and oxygen atoms in total. The van der Waals surface area contributed by atoms with Gasteiger partial charge in [0.15, 0.2) is 0 Å². The van der Waals surface area contributed by atoms with Crippen LogP contribution in [0.1, 0.15) is 37.7 Å². The van der Waals surface area contributed by atoms with Crippen LogP contribution in [0, 0.1) is 6.92 Å². The van der Waals surface area contributed by atoms with E-state index in [0.29, 0.717) is 22.7 Å². The molecule has 0 saturated heterocycles. The predicted octanol–water partition coefficient (Wildman–Crippen LogP) is 4.91. The summed E-state index contributed by atoms with van der Waals surface area (Å²) in [6.45, 7) is 9.22. The molecule has 0 aliphatic heterocycles. The van der Waals surface area contributed by atoms with Gasteiger partial charge in [0.2, 0.25) is 0 Å². The topological polar surface area (TPSA) is 55.1 Å². The van der Waals surface area contributed by atoms with Crippen molar-refractivity contribution in [2.75, 3.05) is 0 Å². The highest BCUT2D eigenvalue weighted by molar-refractivity contribution is 7.73. The first-order chi connectivity index (χ1) is 14.2. The molecule has 1 heterocycles. The van der Waals surface area contributed by atoms with Gasteiger partial charge in [-0.1, -0.05) is 69.3 Å². The molecule has 1 N–H and O–H groups in total. The Balaban J connectivity index is 1.76. The van der Waals surface area contributed by atoms with Gasteiger partial charge in [-0.15, -0.1) is 0 Å². The number of hydrogen-bond donors (Lipinski definition) is 1. The van der Waals surface area contributed by atoms with Crippen LogP contribution in [0.3, 0.4) is 0 Å². The van der Waals surface area contributed by atoms with Gasteiger partial charge in [0, 0.05) is 11.8 Å². The molecule has 0 saturated carbocycles. The lowest BCUT2D eigenvalue weighted by molar-refractivity contribution is 0.501. The molecule has 4 aromatic rings. The Bertz CT molecular complexity index is 1240. The molecule has 0 bridgehead atoms. The molecule has 5 heteroatoms. The number of rotatable bonds is 4. The Morgan fingerprint density at radius 2 is 1.60 bits per heavy atom. The van der Waals surface area contributed by atoms with Crippen molar-refractivity contribution in [1.29, 1.82) is 0 Å². The third-order valence-corrected chi connectivity index (χ3v) is 7.55. The molecule has 1 unspecified atom stereocenters. The molecular weight excluding hydrogens is 391 g/mol. The Morgan fingerprint density at radius 1 is 0.933 bits per heavy atom. The molecule has 30 heavy (non-hydrogen) atoms. The number of aromatic nitrogens is 2. The first-order valence-corrected chi connectivity index (χ1v) is 11.8. The number of hydrogen-bond acceptors (Lipinski definition) is 2. The van der Waals surface area contributed by atoms with E-state index in [4.69, 9.17) is 0 Å². The average molecular weight is 418 g/mol. The molecular formula is C25H27N2O2P. The molecule has 0 amide bonds. The fourth-order valence-corrected chi connectivity index (χ4v) is 5.35. The largest absolute Gasteiger partial charge is 0.338 e. The number of imidazole rings is 1. The van der Waals surface area contributed by atoms with Gasteiger partial charge < -0.3 is 9.46 Å². The van der Waals surface area contributed by atoms with E-state index < -0.39 is 7.37 Å². The smallest absolute Gasteiger partial charge is 0.260 e. The van der Waals surface area contributed by atoms with Crippen LogP contribution >= 0.6 is 7.37 Å². The van der Waals surface area contributed by atoms with E-state index in [1.54, 1.807) is 30.3 Å². The second-order valence-electron chi connectivity index (χ2n) is 8.75. The first kappa shape index (κ1) is 20.6. The summed E-state index contributed by atoms with van der Waals surface area (Å²) in [6.07, 6.45) is 0. The predicted molar refractivity (Wildman–Crippen MR) is 124 cm³/mol. The summed E-state index contributed by atoms with van der Waals surface area (Å²) in [7, 11) is -3.73. The molecule has 1 aromatic heterocycles. The van der Waals surface area contributed by atoms with Crippen LogP contribution in [-0.2, 0) is 16.5 Å². The van der Waals surface area contributed by atoms with E-state index in [1.165, 1.54) is 11.1 Å². The minimum Gasteiger partial charge on any atom is -0.338 e. The van der Waals surface area contributed by atoms with Gasteiger partial charge in [-0.2, -0.15) is 0 Å². The van der Waals surface area contributed by atoms with Gasteiger partial charge in [-0.05, 0) is 47.7 Å². The van der Waals surface area contributed by atoms with Crippen molar-refractivity contribution in [3.05, 3.63) is 89.7 Å². The molecule has 0 fully saturated rings. The number of aryl methyl sites for hydroxylation is 1. The van der Waals surface area contributed by atoms with Crippen LogP contribution in [0.15, 0.2) is 72.8 Å². The van der Waals surface area contributed by atoms with Crippen molar-refractivity contribution in [2.24, 2.45) is 0 Å². The normalized spacial score (nSPS) is 14.0. The second-order valence-corrected chi connectivity index (χ2v) is 10.9. The fraction of sp³-hybridized carbons (Fsp3) is 0.240. The summed E-state index contributed by atoms with van der Waals surface area (Å²) >= 11 is 0. The highest BCUT2D eigenvalue weighted by Crippen LogP contribution is 2.40. The van der Waals surface area contributed by atoms with Crippen LogP contribution < -0.4 is 10.6 Å².